The van der Waals surface area contributed by atoms with Gasteiger partial charge in [0, 0.05) is 11.6 Å². The van der Waals surface area contributed by atoms with Crippen LogP contribution in [0.3, 0.4) is 0 Å². The summed E-state index contributed by atoms with van der Waals surface area (Å²) < 4.78 is 0. The Morgan fingerprint density at radius 2 is 1.95 bits per heavy atom. The van der Waals surface area contributed by atoms with Crippen LogP contribution < -0.4 is 17.0 Å². The van der Waals surface area contributed by atoms with E-state index in [1.165, 1.54) is 18.2 Å². The van der Waals surface area contributed by atoms with E-state index in [4.69, 9.17) is 5.73 Å². The number of fused-ring (bicyclic) bond motifs is 1. The number of benzene rings is 1. The van der Waals surface area contributed by atoms with E-state index < -0.39 is 16.2 Å². The van der Waals surface area contributed by atoms with Gasteiger partial charge in [0.25, 0.3) is 11.2 Å². The number of nitro benzene ring substituents is 1. The van der Waals surface area contributed by atoms with Gasteiger partial charge in [0.2, 0.25) is 0 Å². The average Bonchev–Trinajstić information content (AvgIpc) is 2.83. The third-order valence-electron chi connectivity index (χ3n) is 2.89. The summed E-state index contributed by atoms with van der Waals surface area (Å²) in [5, 5.41) is 10.9. The van der Waals surface area contributed by atoms with Crippen molar-refractivity contribution in [3.8, 4) is 11.4 Å². The number of aromatic nitrogens is 4. The number of nitrogen functional groups attached to an aromatic ring is 1. The fraction of sp³-hybridized carbons (Fsp3) is 0. The number of imidazole rings is 1. The number of anilines is 1. The molecule has 106 valence electrons. The van der Waals surface area contributed by atoms with Crippen LogP contribution >= 0.6 is 0 Å². The van der Waals surface area contributed by atoms with Crippen LogP contribution in [0.15, 0.2) is 27.8 Å². The summed E-state index contributed by atoms with van der Waals surface area (Å²) >= 11 is 0. The van der Waals surface area contributed by atoms with Crippen LogP contribution in [0.5, 0.6) is 0 Å². The van der Waals surface area contributed by atoms with Crippen molar-refractivity contribution in [2.75, 3.05) is 5.73 Å². The molecule has 0 aliphatic heterocycles. The minimum absolute atomic E-state index is 0.0196. The number of nitrogens with zero attached hydrogens (tertiary/aromatic N) is 2. The maximum Gasteiger partial charge on any atom is 0.327 e. The minimum Gasteiger partial charge on any atom is -0.393 e. The molecular weight excluding hydrogens is 280 g/mol. The van der Waals surface area contributed by atoms with Gasteiger partial charge in [-0.25, -0.2) is 9.78 Å². The van der Waals surface area contributed by atoms with Crippen LogP contribution in [0.2, 0.25) is 0 Å². The van der Waals surface area contributed by atoms with E-state index in [9.17, 15) is 19.7 Å². The molecular formula is C11H8N6O4. The number of aromatic amines is 3. The SMILES string of the molecule is Nc1ccc(-c2nc3[nH]c(=O)[nH]c(=O)c3[nH]2)cc1[N+](=O)[O-]. The van der Waals surface area contributed by atoms with Crippen LogP contribution in [0.25, 0.3) is 22.6 Å². The fourth-order valence-corrected chi connectivity index (χ4v) is 1.92. The summed E-state index contributed by atoms with van der Waals surface area (Å²) in [6.07, 6.45) is 0. The lowest BCUT2D eigenvalue weighted by atomic mass is 10.1. The van der Waals surface area contributed by atoms with Gasteiger partial charge in [-0.2, -0.15) is 0 Å². The van der Waals surface area contributed by atoms with Crippen molar-refractivity contribution in [3.63, 3.8) is 0 Å². The first-order valence-corrected chi connectivity index (χ1v) is 5.72. The quantitative estimate of drug-likeness (QED) is 0.296. The average molecular weight is 288 g/mol. The fourth-order valence-electron chi connectivity index (χ4n) is 1.92. The van der Waals surface area contributed by atoms with Gasteiger partial charge < -0.3 is 10.7 Å². The molecule has 0 aliphatic rings. The van der Waals surface area contributed by atoms with Crippen molar-refractivity contribution in [2.24, 2.45) is 0 Å². The van der Waals surface area contributed by atoms with Crippen LogP contribution in [-0.2, 0) is 0 Å². The normalized spacial score (nSPS) is 10.9. The van der Waals surface area contributed by atoms with Crippen molar-refractivity contribution < 1.29 is 4.92 Å². The van der Waals surface area contributed by atoms with Crippen LogP contribution in [-0.4, -0.2) is 24.9 Å². The Morgan fingerprint density at radius 1 is 1.19 bits per heavy atom. The third-order valence-corrected chi connectivity index (χ3v) is 2.89. The first-order chi connectivity index (χ1) is 9.95. The summed E-state index contributed by atoms with van der Waals surface area (Å²) in [4.78, 5) is 44.2. The van der Waals surface area contributed by atoms with Gasteiger partial charge in [-0.15, -0.1) is 0 Å². The molecule has 0 bridgehead atoms. The molecule has 0 amide bonds. The Balaban J connectivity index is 2.24. The van der Waals surface area contributed by atoms with E-state index in [1.807, 2.05) is 0 Å². The molecule has 0 saturated carbocycles. The highest BCUT2D eigenvalue weighted by atomic mass is 16.6. The second-order valence-corrected chi connectivity index (χ2v) is 4.25. The number of H-pyrrole nitrogens is 3. The van der Waals surface area contributed by atoms with Crippen molar-refractivity contribution >= 4 is 22.5 Å². The first kappa shape index (κ1) is 12.6. The van der Waals surface area contributed by atoms with Crippen molar-refractivity contribution in [1.29, 1.82) is 0 Å². The monoisotopic (exact) mass is 288 g/mol. The zero-order valence-corrected chi connectivity index (χ0v) is 10.3. The molecule has 0 saturated heterocycles. The second-order valence-electron chi connectivity index (χ2n) is 4.25. The summed E-state index contributed by atoms with van der Waals surface area (Å²) in [5.74, 6) is 0.209. The van der Waals surface area contributed by atoms with Crippen LogP contribution in [0, 0.1) is 10.1 Å². The third kappa shape index (κ3) is 2.04. The molecule has 3 rings (SSSR count). The van der Waals surface area contributed by atoms with Crippen molar-refractivity contribution in [2.45, 2.75) is 0 Å². The number of nitrogens with two attached hydrogens (primary N) is 1. The molecule has 10 heteroatoms. The zero-order valence-electron chi connectivity index (χ0n) is 10.3. The molecule has 2 aromatic heterocycles. The molecule has 0 radical (unpaired) electrons. The van der Waals surface area contributed by atoms with E-state index in [0.717, 1.165) is 0 Å². The second kappa shape index (κ2) is 4.30. The van der Waals surface area contributed by atoms with Crippen LogP contribution in [0.1, 0.15) is 0 Å². The van der Waals surface area contributed by atoms with Gasteiger partial charge in [-0.05, 0) is 12.1 Å². The maximum absolute atomic E-state index is 11.6. The van der Waals surface area contributed by atoms with Crippen molar-refractivity contribution in [1.82, 2.24) is 19.9 Å². The lowest BCUT2D eigenvalue weighted by Gasteiger charge is -1.99. The Hall–Kier alpha value is -3.43. The highest BCUT2D eigenvalue weighted by Crippen LogP contribution is 2.27. The van der Waals surface area contributed by atoms with Crippen LogP contribution in [0.4, 0.5) is 11.4 Å². The molecule has 0 spiro atoms. The number of hydrogen-bond acceptors (Lipinski definition) is 6. The largest absolute Gasteiger partial charge is 0.393 e. The topological polar surface area (TPSA) is 164 Å². The Bertz CT molecular complexity index is 982. The highest BCUT2D eigenvalue weighted by molar-refractivity contribution is 5.76. The molecule has 0 atom stereocenters. The molecule has 0 aliphatic carbocycles. The van der Waals surface area contributed by atoms with Gasteiger partial charge in [0.05, 0.1) is 4.92 Å². The molecule has 0 fully saturated rings. The maximum atomic E-state index is 11.6. The van der Waals surface area contributed by atoms with E-state index in [0.29, 0.717) is 5.56 Å². The van der Waals surface area contributed by atoms with Gasteiger partial charge in [0.1, 0.15) is 17.0 Å². The van der Waals surface area contributed by atoms with E-state index in [-0.39, 0.29) is 28.4 Å². The Morgan fingerprint density at radius 3 is 2.67 bits per heavy atom. The van der Waals surface area contributed by atoms with Crippen molar-refractivity contribution in [3.05, 3.63) is 49.2 Å². The minimum atomic E-state index is -0.686. The standard InChI is InChI=1S/C11H8N6O4/c12-5-2-1-4(3-6(5)17(20)21)8-13-7-9(14-8)15-11(19)16-10(7)18/h1-3H,12H2,(H3,13,14,15,16,18,19). The van der Waals surface area contributed by atoms with Gasteiger partial charge >= 0.3 is 5.69 Å². The summed E-state index contributed by atoms with van der Waals surface area (Å²) in [6.45, 7) is 0. The first-order valence-electron chi connectivity index (χ1n) is 5.72. The Kier molecular flexibility index (Phi) is 2.58. The number of hydrogen-bond donors (Lipinski definition) is 4. The molecule has 21 heavy (non-hydrogen) atoms. The molecule has 5 N–H and O–H groups in total. The summed E-state index contributed by atoms with van der Waals surface area (Å²) in [6, 6.07) is 4.12. The number of nitrogens with one attached hydrogen (secondary N) is 3. The molecule has 1 aromatic carbocycles. The predicted molar refractivity (Wildman–Crippen MR) is 73.8 cm³/mol. The highest BCUT2D eigenvalue weighted by Gasteiger charge is 2.15. The summed E-state index contributed by atoms with van der Waals surface area (Å²) in [7, 11) is 0. The number of rotatable bonds is 2. The molecule has 0 unspecified atom stereocenters. The van der Waals surface area contributed by atoms with E-state index in [2.05, 4.69) is 19.9 Å². The lowest BCUT2D eigenvalue weighted by Crippen LogP contribution is -2.21. The molecule has 3 aromatic rings. The number of nitro groups is 1. The van der Waals surface area contributed by atoms with Gasteiger partial charge in [0.15, 0.2) is 5.65 Å². The van der Waals surface area contributed by atoms with Gasteiger partial charge in [-0.1, -0.05) is 0 Å². The Labute approximate surface area is 114 Å². The van der Waals surface area contributed by atoms with Gasteiger partial charge in [-0.3, -0.25) is 24.9 Å². The zero-order chi connectivity index (χ0) is 15.1. The molecule has 10 nitrogen and oxygen atoms in total. The molecule has 2 heterocycles. The van der Waals surface area contributed by atoms with E-state index >= 15 is 0 Å². The van der Waals surface area contributed by atoms with E-state index in [1.54, 1.807) is 0 Å². The smallest absolute Gasteiger partial charge is 0.327 e. The summed E-state index contributed by atoms with van der Waals surface area (Å²) in [5.41, 5.74) is 4.46. The predicted octanol–water partition coefficient (Wildman–Crippen LogP) is 0.0969. The lowest BCUT2D eigenvalue weighted by molar-refractivity contribution is -0.383.